The number of hydrogen-bond acceptors (Lipinski definition) is 6. The summed E-state index contributed by atoms with van der Waals surface area (Å²) < 4.78 is 10.3. The van der Waals surface area contributed by atoms with Gasteiger partial charge in [0.15, 0.2) is 0 Å². The van der Waals surface area contributed by atoms with Crippen molar-refractivity contribution in [2.24, 2.45) is 0 Å². The van der Waals surface area contributed by atoms with Gasteiger partial charge in [0.1, 0.15) is 12.1 Å². The molecular formula is C15H14N4O2. The molecule has 0 spiro atoms. The molecule has 0 unspecified atom stereocenters. The number of aromatic nitrogens is 3. The number of pyridine rings is 1. The van der Waals surface area contributed by atoms with E-state index in [0.29, 0.717) is 11.7 Å². The molecule has 1 aliphatic rings. The first-order valence-corrected chi connectivity index (χ1v) is 6.98. The molecule has 0 amide bonds. The predicted molar refractivity (Wildman–Crippen MR) is 76.7 cm³/mol. The van der Waals surface area contributed by atoms with E-state index in [2.05, 4.69) is 20.0 Å². The molecule has 0 atom stereocenters. The zero-order chi connectivity index (χ0) is 14.1. The smallest absolute Gasteiger partial charge is 0.261 e. The normalized spacial score (nSPS) is 14.8. The van der Waals surface area contributed by atoms with E-state index in [0.717, 1.165) is 30.0 Å². The van der Waals surface area contributed by atoms with E-state index in [1.165, 1.54) is 12.8 Å². The number of furan rings is 1. The van der Waals surface area contributed by atoms with Crippen LogP contribution in [0.15, 0.2) is 45.9 Å². The lowest BCUT2D eigenvalue weighted by molar-refractivity contribution is 0.431. The molecule has 0 N–H and O–H groups in total. The Hall–Kier alpha value is -2.63. The van der Waals surface area contributed by atoms with Gasteiger partial charge in [0, 0.05) is 24.8 Å². The molecule has 3 aromatic rings. The van der Waals surface area contributed by atoms with E-state index in [1.54, 1.807) is 24.8 Å². The quantitative estimate of drug-likeness (QED) is 0.735. The fourth-order valence-corrected chi connectivity index (χ4v) is 2.52. The van der Waals surface area contributed by atoms with Crippen LogP contribution in [0, 0.1) is 0 Å². The number of hydrogen-bond donors (Lipinski definition) is 0. The molecule has 1 saturated heterocycles. The summed E-state index contributed by atoms with van der Waals surface area (Å²) in [7, 11) is 0. The van der Waals surface area contributed by atoms with Gasteiger partial charge in [-0.05, 0) is 31.0 Å². The second-order valence-electron chi connectivity index (χ2n) is 5.03. The summed E-state index contributed by atoms with van der Waals surface area (Å²) in [6.45, 7) is 2.12. The summed E-state index contributed by atoms with van der Waals surface area (Å²) in [5.74, 6) is 1.99. The Balaban J connectivity index is 1.65. The van der Waals surface area contributed by atoms with Crippen LogP contribution >= 0.6 is 0 Å². The lowest BCUT2D eigenvalue weighted by Crippen LogP contribution is -2.18. The van der Waals surface area contributed by atoms with Gasteiger partial charge in [0.2, 0.25) is 5.82 Å². The van der Waals surface area contributed by atoms with Crippen molar-refractivity contribution in [1.82, 2.24) is 15.1 Å². The van der Waals surface area contributed by atoms with Crippen LogP contribution in [0.5, 0.6) is 0 Å². The Morgan fingerprint density at radius 3 is 2.81 bits per heavy atom. The third-order valence-corrected chi connectivity index (χ3v) is 3.63. The Kier molecular flexibility index (Phi) is 2.92. The van der Waals surface area contributed by atoms with Crippen LogP contribution in [0.2, 0.25) is 0 Å². The molecule has 106 valence electrons. The van der Waals surface area contributed by atoms with Gasteiger partial charge in [0.05, 0.1) is 11.8 Å². The highest BCUT2D eigenvalue weighted by Gasteiger charge is 2.16. The van der Waals surface area contributed by atoms with Gasteiger partial charge in [0.25, 0.3) is 5.89 Å². The molecule has 0 aromatic carbocycles. The topological polar surface area (TPSA) is 68.2 Å². The monoisotopic (exact) mass is 282 g/mol. The minimum absolute atomic E-state index is 0.457. The average molecular weight is 282 g/mol. The third-order valence-electron chi connectivity index (χ3n) is 3.63. The van der Waals surface area contributed by atoms with Crippen LogP contribution in [0.25, 0.3) is 22.8 Å². The van der Waals surface area contributed by atoms with Crippen LogP contribution in [0.3, 0.4) is 0 Å². The highest BCUT2D eigenvalue weighted by atomic mass is 16.5. The molecule has 4 heterocycles. The highest BCUT2D eigenvalue weighted by Crippen LogP contribution is 2.25. The van der Waals surface area contributed by atoms with Crippen molar-refractivity contribution < 1.29 is 8.94 Å². The van der Waals surface area contributed by atoms with Gasteiger partial charge >= 0.3 is 0 Å². The summed E-state index contributed by atoms with van der Waals surface area (Å²) in [5, 5.41) is 4.04. The molecule has 1 fully saturated rings. The Bertz CT molecular complexity index is 730. The minimum Gasteiger partial charge on any atom is -0.472 e. The largest absolute Gasteiger partial charge is 0.472 e. The molecule has 6 heteroatoms. The van der Waals surface area contributed by atoms with Crippen molar-refractivity contribution in [3.8, 4) is 22.8 Å². The second kappa shape index (κ2) is 5.05. The van der Waals surface area contributed by atoms with Gasteiger partial charge in [-0.15, -0.1) is 0 Å². The van der Waals surface area contributed by atoms with E-state index in [9.17, 15) is 0 Å². The van der Waals surface area contributed by atoms with E-state index < -0.39 is 0 Å². The second-order valence-corrected chi connectivity index (χ2v) is 5.03. The highest BCUT2D eigenvalue weighted by molar-refractivity contribution is 5.62. The first kappa shape index (κ1) is 12.1. The molecule has 0 saturated carbocycles. The summed E-state index contributed by atoms with van der Waals surface area (Å²) in [5.41, 5.74) is 1.69. The average Bonchev–Trinajstić information content (AvgIpc) is 3.26. The van der Waals surface area contributed by atoms with Crippen LogP contribution in [0.4, 0.5) is 5.82 Å². The SMILES string of the molecule is c1cc(-c2noc(-c3ccoc3)n2)cc(N2CCCC2)n1. The molecule has 1 aliphatic heterocycles. The number of rotatable bonds is 3. The maximum atomic E-state index is 5.27. The first-order chi connectivity index (χ1) is 10.4. The van der Waals surface area contributed by atoms with Gasteiger partial charge in [-0.25, -0.2) is 4.98 Å². The predicted octanol–water partition coefficient (Wildman–Crippen LogP) is 2.99. The molecule has 3 aromatic heterocycles. The van der Waals surface area contributed by atoms with E-state index >= 15 is 0 Å². The van der Waals surface area contributed by atoms with Crippen molar-refractivity contribution >= 4 is 5.82 Å². The maximum absolute atomic E-state index is 5.27. The van der Waals surface area contributed by atoms with E-state index in [4.69, 9.17) is 8.94 Å². The molecule has 0 bridgehead atoms. The van der Waals surface area contributed by atoms with Crippen molar-refractivity contribution in [3.63, 3.8) is 0 Å². The molecule has 6 nitrogen and oxygen atoms in total. The zero-order valence-electron chi connectivity index (χ0n) is 11.4. The van der Waals surface area contributed by atoms with E-state index in [1.807, 2.05) is 12.1 Å². The molecule has 0 aliphatic carbocycles. The van der Waals surface area contributed by atoms with Gasteiger partial charge in [-0.2, -0.15) is 4.98 Å². The Morgan fingerprint density at radius 2 is 2.00 bits per heavy atom. The van der Waals surface area contributed by atoms with Crippen molar-refractivity contribution in [1.29, 1.82) is 0 Å². The summed E-state index contributed by atoms with van der Waals surface area (Å²) in [6.07, 6.45) is 7.39. The van der Waals surface area contributed by atoms with Gasteiger partial charge in [-0.3, -0.25) is 0 Å². The van der Waals surface area contributed by atoms with Gasteiger partial charge in [-0.1, -0.05) is 5.16 Å². The molecule has 21 heavy (non-hydrogen) atoms. The Morgan fingerprint density at radius 1 is 1.10 bits per heavy atom. The zero-order valence-corrected chi connectivity index (χ0v) is 11.4. The van der Waals surface area contributed by atoms with Crippen LogP contribution in [-0.2, 0) is 0 Å². The fourth-order valence-electron chi connectivity index (χ4n) is 2.52. The maximum Gasteiger partial charge on any atom is 0.261 e. The Labute approximate surface area is 121 Å². The minimum atomic E-state index is 0.457. The van der Waals surface area contributed by atoms with Crippen LogP contribution in [-0.4, -0.2) is 28.2 Å². The van der Waals surface area contributed by atoms with Crippen molar-refractivity contribution in [2.45, 2.75) is 12.8 Å². The van der Waals surface area contributed by atoms with Crippen LogP contribution in [0.1, 0.15) is 12.8 Å². The number of nitrogens with zero attached hydrogens (tertiary/aromatic N) is 4. The fraction of sp³-hybridized carbons (Fsp3) is 0.267. The first-order valence-electron chi connectivity index (χ1n) is 6.98. The lowest BCUT2D eigenvalue weighted by Gasteiger charge is -2.16. The standard InChI is InChI=1S/C15H14N4O2/c1-2-7-19(6-1)13-9-11(3-5-16-13)14-17-15(21-18-14)12-4-8-20-10-12/h3-5,8-10H,1-2,6-7H2. The molecule has 4 rings (SSSR count). The summed E-state index contributed by atoms with van der Waals surface area (Å²) in [4.78, 5) is 11.1. The van der Waals surface area contributed by atoms with Gasteiger partial charge < -0.3 is 13.8 Å². The van der Waals surface area contributed by atoms with Crippen LogP contribution < -0.4 is 4.90 Å². The third kappa shape index (κ3) is 2.29. The summed E-state index contributed by atoms with van der Waals surface area (Å²) >= 11 is 0. The molecular weight excluding hydrogens is 268 g/mol. The van der Waals surface area contributed by atoms with Crippen molar-refractivity contribution in [2.75, 3.05) is 18.0 Å². The van der Waals surface area contributed by atoms with Crippen molar-refractivity contribution in [3.05, 3.63) is 36.9 Å². The summed E-state index contributed by atoms with van der Waals surface area (Å²) in [6, 6.07) is 5.69. The lowest BCUT2D eigenvalue weighted by atomic mass is 10.2. The van der Waals surface area contributed by atoms with E-state index in [-0.39, 0.29) is 0 Å². The number of anilines is 1. The molecule has 0 radical (unpaired) electrons.